The average Bonchev–Trinajstić information content (AvgIpc) is 2.58. The molecule has 1 heterocycles. The zero-order valence-corrected chi connectivity index (χ0v) is 10.8. The van der Waals surface area contributed by atoms with Gasteiger partial charge in [-0.3, -0.25) is 9.69 Å². The van der Waals surface area contributed by atoms with Gasteiger partial charge in [-0.15, -0.1) is 5.10 Å². The average molecular weight is 264 g/mol. The van der Waals surface area contributed by atoms with Crippen LogP contribution in [0.15, 0.2) is 0 Å². The molecule has 0 fully saturated rings. The summed E-state index contributed by atoms with van der Waals surface area (Å²) < 4.78 is 4.32. The number of carboxylic acids is 1. The van der Waals surface area contributed by atoms with Crippen molar-refractivity contribution in [1.29, 1.82) is 0 Å². The first kappa shape index (κ1) is 13.3. The first-order valence-corrected chi connectivity index (χ1v) is 6.08. The Kier molecular flexibility index (Phi) is 5.11. The molecular weight excluding hydrogens is 250 g/mol. The number of aliphatic carboxylic acids is 1. The van der Waals surface area contributed by atoms with Crippen molar-refractivity contribution < 1.29 is 9.90 Å². The van der Waals surface area contributed by atoms with Gasteiger partial charge in [0.05, 0.1) is 6.42 Å². The van der Waals surface area contributed by atoms with Crippen LogP contribution >= 0.6 is 23.1 Å². The van der Waals surface area contributed by atoms with Gasteiger partial charge in [0.15, 0.2) is 0 Å². The Labute approximate surface area is 103 Å². The Balaban J connectivity index is 2.58. The summed E-state index contributed by atoms with van der Waals surface area (Å²) >= 11 is 7.05. The predicted octanol–water partition coefficient (Wildman–Crippen LogP) is 1.88. The van der Waals surface area contributed by atoms with E-state index in [1.807, 2.05) is 18.7 Å². The molecule has 1 rings (SSSR count). The number of rotatable bonds is 6. The molecule has 0 bridgehead atoms. The molecule has 16 heavy (non-hydrogen) atoms. The van der Waals surface area contributed by atoms with Crippen molar-refractivity contribution in [2.75, 3.05) is 6.54 Å². The molecule has 0 spiro atoms. The van der Waals surface area contributed by atoms with E-state index < -0.39 is 5.97 Å². The molecule has 0 aliphatic carbocycles. The summed E-state index contributed by atoms with van der Waals surface area (Å²) in [6.45, 7) is 5.05. The van der Waals surface area contributed by atoms with E-state index in [0.717, 1.165) is 11.5 Å². The maximum atomic E-state index is 10.5. The van der Waals surface area contributed by atoms with Crippen LogP contribution in [-0.4, -0.2) is 38.1 Å². The molecule has 0 atom stereocenters. The van der Waals surface area contributed by atoms with Crippen molar-refractivity contribution in [3.63, 3.8) is 0 Å². The first-order valence-electron chi connectivity index (χ1n) is 4.93. The van der Waals surface area contributed by atoms with E-state index in [2.05, 4.69) is 9.59 Å². The van der Waals surface area contributed by atoms with Crippen LogP contribution in [0.5, 0.6) is 0 Å². The largest absolute Gasteiger partial charge is 0.481 e. The van der Waals surface area contributed by atoms with Gasteiger partial charge in [0.1, 0.15) is 10.0 Å². The lowest BCUT2D eigenvalue weighted by atomic mass is 10.2. The Bertz CT molecular complexity index is 356. The van der Waals surface area contributed by atoms with E-state index >= 15 is 0 Å². The SMILES string of the molecule is CC(C)N(CCC(=O)O)Cc1nnsc1Cl. The zero-order valence-electron chi connectivity index (χ0n) is 9.18. The van der Waals surface area contributed by atoms with E-state index in [1.165, 1.54) is 0 Å². The Morgan fingerprint density at radius 3 is 2.75 bits per heavy atom. The van der Waals surface area contributed by atoms with Crippen molar-refractivity contribution in [1.82, 2.24) is 14.5 Å². The Morgan fingerprint density at radius 2 is 2.31 bits per heavy atom. The lowest BCUT2D eigenvalue weighted by Crippen LogP contribution is -2.32. The molecule has 1 aromatic rings. The van der Waals surface area contributed by atoms with Crippen LogP contribution < -0.4 is 0 Å². The molecule has 0 radical (unpaired) electrons. The lowest BCUT2D eigenvalue weighted by Gasteiger charge is -2.24. The highest BCUT2D eigenvalue weighted by molar-refractivity contribution is 7.10. The molecule has 1 N–H and O–H groups in total. The molecule has 0 aliphatic heterocycles. The minimum Gasteiger partial charge on any atom is -0.481 e. The van der Waals surface area contributed by atoms with E-state index in [-0.39, 0.29) is 12.5 Å². The maximum Gasteiger partial charge on any atom is 0.304 e. The van der Waals surface area contributed by atoms with Crippen molar-refractivity contribution >= 4 is 29.1 Å². The highest BCUT2D eigenvalue weighted by atomic mass is 35.5. The molecule has 1 aromatic heterocycles. The second kappa shape index (κ2) is 6.12. The topological polar surface area (TPSA) is 66.3 Å². The minimum atomic E-state index is -0.798. The van der Waals surface area contributed by atoms with Gasteiger partial charge < -0.3 is 5.11 Å². The fourth-order valence-electron chi connectivity index (χ4n) is 1.24. The monoisotopic (exact) mass is 263 g/mol. The Hall–Kier alpha value is -0.720. The van der Waals surface area contributed by atoms with Crippen LogP contribution in [0.4, 0.5) is 0 Å². The van der Waals surface area contributed by atoms with Crippen molar-refractivity contribution in [2.45, 2.75) is 32.9 Å². The molecule has 0 aromatic carbocycles. The molecule has 90 valence electrons. The van der Waals surface area contributed by atoms with E-state index in [9.17, 15) is 4.79 Å². The highest BCUT2D eigenvalue weighted by Crippen LogP contribution is 2.19. The zero-order chi connectivity index (χ0) is 12.1. The van der Waals surface area contributed by atoms with Crippen LogP contribution in [0, 0.1) is 0 Å². The number of carboxylic acid groups (broad SMARTS) is 1. The number of halogens is 1. The quantitative estimate of drug-likeness (QED) is 0.849. The summed E-state index contributed by atoms with van der Waals surface area (Å²) in [6, 6.07) is 0.247. The van der Waals surface area contributed by atoms with Gasteiger partial charge in [0.2, 0.25) is 0 Å². The van der Waals surface area contributed by atoms with Crippen LogP contribution in [0.25, 0.3) is 0 Å². The summed E-state index contributed by atoms with van der Waals surface area (Å²) in [6.07, 6.45) is 0.118. The van der Waals surface area contributed by atoms with E-state index in [4.69, 9.17) is 16.7 Å². The van der Waals surface area contributed by atoms with Gasteiger partial charge in [0.25, 0.3) is 0 Å². The lowest BCUT2D eigenvalue weighted by molar-refractivity contribution is -0.137. The van der Waals surface area contributed by atoms with Crippen LogP contribution in [0.1, 0.15) is 26.0 Å². The van der Waals surface area contributed by atoms with Gasteiger partial charge in [-0.2, -0.15) is 0 Å². The highest BCUT2D eigenvalue weighted by Gasteiger charge is 2.15. The number of aromatic nitrogens is 2. The van der Waals surface area contributed by atoms with Crippen LogP contribution in [0.3, 0.4) is 0 Å². The van der Waals surface area contributed by atoms with Gasteiger partial charge in [-0.25, -0.2) is 0 Å². The summed E-state index contributed by atoms with van der Waals surface area (Å²) in [7, 11) is 0. The van der Waals surface area contributed by atoms with Gasteiger partial charge in [0, 0.05) is 30.7 Å². The molecule has 0 aliphatic rings. The normalized spacial score (nSPS) is 11.3. The number of hydrogen-bond donors (Lipinski definition) is 1. The number of carbonyl (C=O) groups is 1. The fraction of sp³-hybridized carbons (Fsp3) is 0.667. The van der Waals surface area contributed by atoms with Crippen LogP contribution in [0.2, 0.25) is 4.34 Å². The third-order valence-corrected chi connectivity index (χ3v) is 3.19. The molecule has 5 nitrogen and oxygen atoms in total. The van der Waals surface area contributed by atoms with E-state index in [0.29, 0.717) is 23.1 Å². The second-order valence-electron chi connectivity index (χ2n) is 3.70. The van der Waals surface area contributed by atoms with Crippen molar-refractivity contribution in [3.8, 4) is 0 Å². The fourth-order valence-corrected chi connectivity index (χ4v) is 1.85. The van der Waals surface area contributed by atoms with Crippen molar-refractivity contribution in [2.24, 2.45) is 0 Å². The van der Waals surface area contributed by atoms with Gasteiger partial charge in [-0.1, -0.05) is 16.1 Å². The standard InChI is InChI=1S/C9H14ClN3O2S/c1-6(2)13(4-3-8(14)15)5-7-9(10)16-12-11-7/h6H,3-5H2,1-2H3,(H,14,15). The summed E-state index contributed by atoms with van der Waals surface area (Å²) in [4.78, 5) is 12.5. The first-order chi connectivity index (χ1) is 7.50. The van der Waals surface area contributed by atoms with Crippen LogP contribution in [-0.2, 0) is 11.3 Å². The number of hydrogen-bond acceptors (Lipinski definition) is 5. The summed E-state index contributed by atoms with van der Waals surface area (Å²) in [5.74, 6) is -0.798. The third kappa shape index (κ3) is 4.03. The van der Waals surface area contributed by atoms with Gasteiger partial charge in [-0.05, 0) is 13.8 Å². The number of nitrogens with zero attached hydrogens (tertiary/aromatic N) is 3. The van der Waals surface area contributed by atoms with E-state index in [1.54, 1.807) is 0 Å². The molecule has 0 saturated carbocycles. The molecule has 0 unspecified atom stereocenters. The van der Waals surface area contributed by atoms with Gasteiger partial charge >= 0.3 is 5.97 Å². The summed E-state index contributed by atoms with van der Waals surface area (Å²) in [5, 5.41) is 12.6. The molecular formula is C9H14ClN3O2S. The molecule has 7 heteroatoms. The minimum absolute atomic E-state index is 0.118. The smallest absolute Gasteiger partial charge is 0.304 e. The predicted molar refractivity (Wildman–Crippen MR) is 62.7 cm³/mol. The Morgan fingerprint density at radius 1 is 1.62 bits per heavy atom. The third-order valence-electron chi connectivity index (χ3n) is 2.21. The summed E-state index contributed by atoms with van der Waals surface area (Å²) in [5.41, 5.74) is 0.714. The molecule has 0 saturated heterocycles. The second-order valence-corrected chi connectivity index (χ2v) is 5.06. The van der Waals surface area contributed by atoms with Crippen molar-refractivity contribution in [3.05, 3.63) is 10.0 Å². The molecule has 0 amide bonds. The maximum absolute atomic E-state index is 10.5.